The molecule has 3 nitrogen and oxygen atoms in total. The quantitative estimate of drug-likeness (QED) is 0.883. The molecule has 2 aromatic rings. The summed E-state index contributed by atoms with van der Waals surface area (Å²) in [7, 11) is 1.64. The van der Waals surface area contributed by atoms with E-state index in [2.05, 4.69) is 6.92 Å². The Balaban J connectivity index is 2.10. The summed E-state index contributed by atoms with van der Waals surface area (Å²) in [6.45, 7) is 2.07. The Kier molecular flexibility index (Phi) is 4.42. The minimum atomic E-state index is 0.0888. The van der Waals surface area contributed by atoms with E-state index < -0.39 is 0 Å². The van der Waals surface area contributed by atoms with Crippen molar-refractivity contribution in [3.63, 3.8) is 0 Å². The first-order valence-electron chi connectivity index (χ1n) is 6.40. The number of hydrogen-bond donors (Lipinski definition) is 1. The topological polar surface area (TPSA) is 44.5 Å². The van der Waals surface area contributed by atoms with Gasteiger partial charge in [-0.25, -0.2) is 0 Å². The fraction of sp³-hybridized carbons (Fsp3) is 0.250. The van der Waals surface area contributed by atoms with Crippen LogP contribution < -0.4 is 15.2 Å². The van der Waals surface area contributed by atoms with E-state index in [0.717, 1.165) is 29.2 Å². The zero-order valence-electron chi connectivity index (χ0n) is 11.3. The highest BCUT2D eigenvalue weighted by Crippen LogP contribution is 2.26. The van der Waals surface area contributed by atoms with Gasteiger partial charge in [0.15, 0.2) is 0 Å². The van der Waals surface area contributed by atoms with Crippen LogP contribution in [0.3, 0.4) is 0 Å². The zero-order valence-corrected chi connectivity index (χ0v) is 11.3. The van der Waals surface area contributed by atoms with Crippen LogP contribution in [-0.4, -0.2) is 7.11 Å². The minimum Gasteiger partial charge on any atom is -0.497 e. The first-order valence-corrected chi connectivity index (χ1v) is 6.40. The molecule has 0 radical (unpaired) electrons. The van der Waals surface area contributed by atoms with Crippen molar-refractivity contribution in [2.75, 3.05) is 7.11 Å². The summed E-state index contributed by atoms with van der Waals surface area (Å²) in [4.78, 5) is 0. The molecule has 0 amide bonds. The molecule has 2 rings (SSSR count). The van der Waals surface area contributed by atoms with Crippen LogP contribution in [0.4, 0.5) is 0 Å². The Morgan fingerprint density at radius 1 is 1.00 bits per heavy atom. The molecule has 0 saturated carbocycles. The van der Waals surface area contributed by atoms with E-state index in [1.54, 1.807) is 7.11 Å². The van der Waals surface area contributed by atoms with Gasteiger partial charge >= 0.3 is 0 Å². The first-order chi connectivity index (χ1) is 9.22. The summed E-state index contributed by atoms with van der Waals surface area (Å²) in [5.74, 6) is 2.33. The monoisotopic (exact) mass is 257 g/mol. The van der Waals surface area contributed by atoms with Crippen LogP contribution in [0.1, 0.15) is 24.9 Å². The molecule has 0 saturated heterocycles. The molecule has 0 aliphatic carbocycles. The van der Waals surface area contributed by atoms with E-state index in [1.165, 1.54) is 0 Å². The molecule has 1 atom stereocenters. The molecule has 19 heavy (non-hydrogen) atoms. The maximum Gasteiger partial charge on any atom is 0.131 e. The molecule has 2 N–H and O–H groups in total. The maximum absolute atomic E-state index is 5.98. The van der Waals surface area contributed by atoms with E-state index in [0.29, 0.717) is 0 Å². The number of hydrogen-bond acceptors (Lipinski definition) is 3. The summed E-state index contributed by atoms with van der Waals surface area (Å²) in [6, 6.07) is 15.5. The van der Waals surface area contributed by atoms with Gasteiger partial charge in [0.2, 0.25) is 0 Å². The van der Waals surface area contributed by atoms with Gasteiger partial charge in [-0.05, 0) is 36.2 Å². The van der Waals surface area contributed by atoms with Crippen LogP contribution in [0.15, 0.2) is 48.5 Å². The standard InChI is InChI=1S/C16H19NO2/c1-3-16(17)12-7-9-13(10-8-12)19-15-6-4-5-14(11-15)18-2/h4-11,16H,3,17H2,1-2H3/t16-/m0/s1. The highest BCUT2D eigenvalue weighted by atomic mass is 16.5. The second kappa shape index (κ2) is 6.25. The largest absolute Gasteiger partial charge is 0.497 e. The molecular weight excluding hydrogens is 238 g/mol. The number of nitrogens with two attached hydrogens (primary N) is 1. The van der Waals surface area contributed by atoms with Gasteiger partial charge < -0.3 is 15.2 Å². The van der Waals surface area contributed by atoms with Crippen molar-refractivity contribution in [2.45, 2.75) is 19.4 Å². The number of benzene rings is 2. The molecule has 0 aliphatic rings. The van der Waals surface area contributed by atoms with Gasteiger partial charge in [-0.3, -0.25) is 0 Å². The smallest absolute Gasteiger partial charge is 0.131 e. The Morgan fingerprint density at radius 3 is 2.32 bits per heavy atom. The molecule has 0 heterocycles. The van der Waals surface area contributed by atoms with Gasteiger partial charge in [-0.2, -0.15) is 0 Å². The molecule has 3 heteroatoms. The lowest BCUT2D eigenvalue weighted by atomic mass is 10.1. The van der Waals surface area contributed by atoms with Gasteiger partial charge in [0.25, 0.3) is 0 Å². The minimum absolute atomic E-state index is 0.0888. The van der Waals surface area contributed by atoms with Crippen molar-refractivity contribution in [3.05, 3.63) is 54.1 Å². The average molecular weight is 257 g/mol. The Bertz CT molecular complexity index is 523. The predicted octanol–water partition coefficient (Wildman–Crippen LogP) is 3.90. The average Bonchev–Trinajstić information content (AvgIpc) is 2.47. The molecule has 0 spiro atoms. The molecule has 0 aliphatic heterocycles. The molecule has 0 bridgehead atoms. The number of methoxy groups -OCH3 is 1. The number of ether oxygens (including phenoxy) is 2. The van der Waals surface area contributed by atoms with Gasteiger partial charge in [-0.15, -0.1) is 0 Å². The fourth-order valence-electron chi connectivity index (χ4n) is 1.82. The summed E-state index contributed by atoms with van der Waals surface area (Å²) >= 11 is 0. The first kappa shape index (κ1) is 13.4. The van der Waals surface area contributed by atoms with Crippen LogP contribution in [0, 0.1) is 0 Å². The van der Waals surface area contributed by atoms with E-state index in [1.807, 2.05) is 48.5 Å². The van der Waals surface area contributed by atoms with E-state index >= 15 is 0 Å². The SMILES string of the molecule is CC[C@H](N)c1ccc(Oc2cccc(OC)c2)cc1. The Labute approximate surface area is 114 Å². The predicted molar refractivity (Wildman–Crippen MR) is 76.7 cm³/mol. The van der Waals surface area contributed by atoms with Crippen LogP contribution >= 0.6 is 0 Å². The summed E-state index contributed by atoms with van der Waals surface area (Å²) in [5.41, 5.74) is 7.10. The lowest BCUT2D eigenvalue weighted by molar-refractivity contribution is 0.409. The third-order valence-corrected chi connectivity index (χ3v) is 3.02. The zero-order chi connectivity index (χ0) is 13.7. The third kappa shape index (κ3) is 3.48. The van der Waals surface area contributed by atoms with Crippen molar-refractivity contribution in [1.82, 2.24) is 0 Å². The van der Waals surface area contributed by atoms with E-state index in [4.69, 9.17) is 15.2 Å². The van der Waals surface area contributed by atoms with Crippen molar-refractivity contribution < 1.29 is 9.47 Å². The van der Waals surface area contributed by atoms with Crippen molar-refractivity contribution in [2.24, 2.45) is 5.73 Å². The molecule has 100 valence electrons. The second-order valence-corrected chi connectivity index (χ2v) is 4.36. The molecule has 0 fully saturated rings. The van der Waals surface area contributed by atoms with Crippen molar-refractivity contribution in [1.29, 1.82) is 0 Å². The van der Waals surface area contributed by atoms with Crippen LogP contribution in [0.2, 0.25) is 0 Å². The maximum atomic E-state index is 5.98. The van der Waals surface area contributed by atoms with Crippen LogP contribution in [0.5, 0.6) is 17.2 Å². The van der Waals surface area contributed by atoms with E-state index in [9.17, 15) is 0 Å². The van der Waals surface area contributed by atoms with Crippen LogP contribution in [0.25, 0.3) is 0 Å². The molecule has 0 unspecified atom stereocenters. The Morgan fingerprint density at radius 2 is 1.68 bits per heavy atom. The van der Waals surface area contributed by atoms with Crippen molar-refractivity contribution >= 4 is 0 Å². The van der Waals surface area contributed by atoms with Crippen LogP contribution in [-0.2, 0) is 0 Å². The third-order valence-electron chi connectivity index (χ3n) is 3.02. The fourth-order valence-corrected chi connectivity index (χ4v) is 1.82. The summed E-state index contributed by atoms with van der Waals surface area (Å²) in [6.07, 6.45) is 0.927. The second-order valence-electron chi connectivity index (χ2n) is 4.36. The van der Waals surface area contributed by atoms with Gasteiger partial charge in [0.05, 0.1) is 7.11 Å². The number of rotatable bonds is 5. The Hall–Kier alpha value is -2.00. The molecule has 2 aromatic carbocycles. The van der Waals surface area contributed by atoms with Gasteiger partial charge in [0, 0.05) is 12.1 Å². The molecule has 0 aromatic heterocycles. The van der Waals surface area contributed by atoms with Gasteiger partial charge in [-0.1, -0.05) is 25.1 Å². The highest BCUT2D eigenvalue weighted by molar-refractivity contribution is 5.37. The van der Waals surface area contributed by atoms with Gasteiger partial charge in [0.1, 0.15) is 17.2 Å². The lowest BCUT2D eigenvalue weighted by Crippen LogP contribution is -2.07. The normalized spacial score (nSPS) is 11.9. The lowest BCUT2D eigenvalue weighted by Gasteiger charge is -2.11. The van der Waals surface area contributed by atoms with E-state index in [-0.39, 0.29) is 6.04 Å². The van der Waals surface area contributed by atoms with Crippen molar-refractivity contribution in [3.8, 4) is 17.2 Å². The highest BCUT2D eigenvalue weighted by Gasteiger charge is 2.04. The summed E-state index contributed by atoms with van der Waals surface area (Å²) < 4.78 is 10.9. The summed E-state index contributed by atoms with van der Waals surface area (Å²) in [5, 5.41) is 0. The molecular formula is C16H19NO2.